The Bertz CT molecular complexity index is 94.5. The van der Waals surface area contributed by atoms with Crippen LogP contribution in [-0.4, -0.2) is 35.6 Å². The standard InChI is InChI=1S/C8H18O.C3H8O2/c1-4-6-7-9-8(3)5-2;1-3(5)2-4/h8H,4-7H2,1-3H3;3-5H,2H2,1H3. The smallest absolute Gasteiger partial charge is 0.0742 e. The Hall–Kier alpha value is -0.120. The van der Waals surface area contributed by atoms with E-state index in [4.69, 9.17) is 14.9 Å². The minimum Gasteiger partial charge on any atom is -0.394 e. The van der Waals surface area contributed by atoms with Crippen LogP contribution in [-0.2, 0) is 4.74 Å². The van der Waals surface area contributed by atoms with Crippen LogP contribution in [0.4, 0.5) is 0 Å². The van der Waals surface area contributed by atoms with Crippen molar-refractivity contribution in [3.63, 3.8) is 0 Å². The molecule has 3 nitrogen and oxygen atoms in total. The third kappa shape index (κ3) is 17.8. The van der Waals surface area contributed by atoms with Crippen molar-refractivity contribution < 1.29 is 14.9 Å². The summed E-state index contributed by atoms with van der Waals surface area (Å²) in [5, 5.41) is 16.0. The number of hydrogen-bond acceptors (Lipinski definition) is 3. The van der Waals surface area contributed by atoms with Gasteiger partial charge in [0, 0.05) is 6.61 Å². The van der Waals surface area contributed by atoms with Crippen LogP contribution in [0.3, 0.4) is 0 Å². The van der Waals surface area contributed by atoms with E-state index in [0.717, 1.165) is 13.0 Å². The van der Waals surface area contributed by atoms with Crippen LogP contribution in [0.5, 0.6) is 0 Å². The zero-order chi connectivity index (χ0) is 11.4. The Labute approximate surface area is 88.1 Å². The van der Waals surface area contributed by atoms with E-state index in [-0.39, 0.29) is 6.61 Å². The van der Waals surface area contributed by atoms with Gasteiger partial charge in [-0.3, -0.25) is 0 Å². The highest BCUT2D eigenvalue weighted by molar-refractivity contribution is 4.43. The molecule has 0 radical (unpaired) electrons. The molecule has 2 N–H and O–H groups in total. The predicted octanol–water partition coefficient (Wildman–Crippen LogP) is 1.96. The lowest BCUT2D eigenvalue weighted by Gasteiger charge is -2.08. The Morgan fingerprint density at radius 2 is 1.71 bits per heavy atom. The maximum absolute atomic E-state index is 8.11. The van der Waals surface area contributed by atoms with Gasteiger partial charge in [0.2, 0.25) is 0 Å². The van der Waals surface area contributed by atoms with Gasteiger partial charge in [-0.2, -0.15) is 0 Å². The molecule has 14 heavy (non-hydrogen) atoms. The number of aliphatic hydroxyl groups excluding tert-OH is 2. The molecule has 0 bridgehead atoms. The fourth-order valence-corrected chi connectivity index (χ4v) is 0.547. The molecule has 0 fully saturated rings. The third-order valence-corrected chi connectivity index (χ3v) is 1.74. The molecule has 0 aromatic rings. The monoisotopic (exact) mass is 206 g/mol. The van der Waals surface area contributed by atoms with Gasteiger partial charge in [-0.15, -0.1) is 0 Å². The second-order valence-electron chi connectivity index (χ2n) is 3.47. The molecule has 88 valence electrons. The highest BCUT2D eigenvalue weighted by atomic mass is 16.5. The summed E-state index contributed by atoms with van der Waals surface area (Å²) in [6.45, 7) is 8.78. The summed E-state index contributed by atoms with van der Waals surface area (Å²) in [5.41, 5.74) is 0. The molecule has 0 saturated carbocycles. The summed E-state index contributed by atoms with van der Waals surface area (Å²) in [5.74, 6) is 0. The summed E-state index contributed by atoms with van der Waals surface area (Å²) in [7, 11) is 0. The van der Waals surface area contributed by atoms with Crippen LogP contribution >= 0.6 is 0 Å². The van der Waals surface area contributed by atoms with Gasteiger partial charge in [-0.05, 0) is 26.7 Å². The van der Waals surface area contributed by atoms with Gasteiger partial charge in [-0.25, -0.2) is 0 Å². The Morgan fingerprint density at radius 1 is 1.21 bits per heavy atom. The summed E-state index contributed by atoms with van der Waals surface area (Å²) in [4.78, 5) is 0. The molecule has 3 heteroatoms. The molecule has 0 aromatic heterocycles. The van der Waals surface area contributed by atoms with E-state index in [0.29, 0.717) is 6.10 Å². The van der Waals surface area contributed by atoms with E-state index in [1.54, 1.807) is 0 Å². The Balaban J connectivity index is 0. The first-order valence-electron chi connectivity index (χ1n) is 5.48. The van der Waals surface area contributed by atoms with E-state index in [2.05, 4.69) is 20.8 Å². The lowest BCUT2D eigenvalue weighted by molar-refractivity contribution is 0.0617. The Morgan fingerprint density at radius 3 is 2.00 bits per heavy atom. The van der Waals surface area contributed by atoms with Crippen molar-refractivity contribution in [3.05, 3.63) is 0 Å². The molecule has 2 unspecified atom stereocenters. The van der Waals surface area contributed by atoms with Crippen molar-refractivity contribution in [3.8, 4) is 0 Å². The molecule has 0 spiro atoms. The first kappa shape index (κ1) is 16.3. The average Bonchev–Trinajstić information content (AvgIpc) is 2.19. The van der Waals surface area contributed by atoms with Crippen molar-refractivity contribution in [1.29, 1.82) is 0 Å². The highest BCUT2D eigenvalue weighted by Gasteiger charge is 1.94. The zero-order valence-electron chi connectivity index (χ0n) is 9.99. The molecule has 0 aliphatic carbocycles. The molecule has 2 atom stereocenters. The van der Waals surface area contributed by atoms with Crippen LogP contribution in [0.25, 0.3) is 0 Å². The second-order valence-corrected chi connectivity index (χ2v) is 3.47. The van der Waals surface area contributed by atoms with Gasteiger partial charge in [0.05, 0.1) is 18.8 Å². The maximum atomic E-state index is 8.11. The summed E-state index contributed by atoms with van der Waals surface area (Å²) in [6.07, 6.45) is 3.45. The van der Waals surface area contributed by atoms with Gasteiger partial charge in [0.25, 0.3) is 0 Å². The number of ether oxygens (including phenoxy) is 1. The number of hydrogen-bond donors (Lipinski definition) is 2. The molecular formula is C11H26O3. The number of rotatable bonds is 6. The van der Waals surface area contributed by atoms with Crippen molar-refractivity contribution in [2.45, 2.75) is 59.2 Å². The first-order chi connectivity index (χ1) is 6.58. The fraction of sp³-hybridized carbons (Fsp3) is 1.00. The van der Waals surface area contributed by atoms with Gasteiger partial charge in [0.1, 0.15) is 0 Å². The quantitative estimate of drug-likeness (QED) is 0.653. The van der Waals surface area contributed by atoms with Crippen LogP contribution in [0.15, 0.2) is 0 Å². The van der Waals surface area contributed by atoms with Crippen LogP contribution in [0, 0.1) is 0 Å². The lowest BCUT2D eigenvalue weighted by atomic mass is 10.3. The molecule has 0 aliphatic heterocycles. The third-order valence-electron chi connectivity index (χ3n) is 1.74. The fourth-order valence-electron chi connectivity index (χ4n) is 0.547. The second kappa shape index (κ2) is 12.9. The summed E-state index contributed by atoms with van der Waals surface area (Å²) in [6, 6.07) is 0. The first-order valence-corrected chi connectivity index (χ1v) is 5.48. The SMILES string of the molecule is CC(O)CO.CCCCOC(C)CC. The zero-order valence-corrected chi connectivity index (χ0v) is 9.99. The van der Waals surface area contributed by atoms with E-state index >= 15 is 0 Å². The van der Waals surface area contributed by atoms with Gasteiger partial charge >= 0.3 is 0 Å². The molecule has 0 rings (SSSR count). The van der Waals surface area contributed by atoms with Crippen molar-refractivity contribution in [2.24, 2.45) is 0 Å². The van der Waals surface area contributed by atoms with E-state index in [9.17, 15) is 0 Å². The predicted molar refractivity (Wildman–Crippen MR) is 59.4 cm³/mol. The average molecular weight is 206 g/mol. The van der Waals surface area contributed by atoms with E-state index in [1.807, 2.05) is 0 Å². The van der Waals surface area contributed by atoms with Crippen LogP contribution in [0.1, 0.15) is 47.0 Å². The van der Waals surface area contributed by atoms with Gasteiger partial charge < -0.3 is 14.9 Å². The molecule has 0 heterocycles. The Kier molecular flexibility index (Phi) is 15.0. The van der Waals surface area contributed by atoms with Crippen molar-refractivity contribution in [2.75, 3.05) is 13.2 Å². The van der Waals surface area contributed by atoms with Crippen LogP contribution < -0.4 is 0 Å². The van der Waals surface area contributed by atoms with E-state index < -0.39 is 6.10 Å². The molecule has 0 aromatic carbocycles. The summed E-state index contributed by atoms with van der Waals surface area (Å²) >= 11 is 0. The highest BCUT2D eigenvalue weighted by Crippen LogP contribution is 1.97. The normalized spacial score (nSPS) is 14.1. The molecule has 0 saturated heterocycles. The van der Waals surface area contributed by atoms with Gasteiger partial charge in [0.15, 0.2) is 0 Å². The lowest BCUT2D eigenvalue weighted by Crippen LogP contribution is -2.06. The maximum Gasteiger partial charge on any atom is 0.0742 e. The van der Waals surface area contributed by atoms with Crippen molar-refractivity contribution in [1.82, 2.24) is 0 Å². The van der Waals surface area contributed by atoms with Crippen molar-refractivity contribution >= 4 is 0 Å². The van der Waals surface area contributed by atoms with Crippen LogP contribution in [0.2, 0.25) is 0 Å². The molecule has 0 aliphatic rings. The molecule has 0 amide bonds. The van der Waals surface area contributed by atoms with Gasteiger partial charge in [-0.1, -0.05) is 20.3 Å². The number of aliphatic hydroxyl groups is 2. The number of unbranched alkanes of at least 4 members (excludes halogenated alkanes) is 1. The topological polar surface area (TPSA) is 49.7 Å². The largest absolute Gasteiger partial charge is 0.394 e. The minimum absolute atomic E-state index is 0.139. The molecular weight excluding hydrogens is 180 g/mol. The summed E-state index contributed by atoms with van der Waals surface area (Å²) < 4.78 is 5.43. The minimum atomic E-state index is -0.560. The van der Waals surface area contributed by atoms with E-state index in [1.165, 1.54) is 19.8 Å².